The lowest BCUT2D eigenvalue weighted by molar-refractivity contribution is -0.0322. The van der Waals surface area contributed by atoms with Gasteiger partial charge in [0.05, 0.1) is 5.60 Å². The second-order valence-corrected chi connectivity index (χ2v) is 6.67. The summed E-state index contributed by atoms with van der Waals surface area (Å²) in [5.74, 6) is 0.708. The van der Waals surface area contributed by atoms with Crippen molar-refractivity contribution in [1.82, 2.24) is 0 Å². The van der Waals surface area contributed by atoms with Crippen LogP contribution < -0.4 is 0 Å². The highest BCUT2D eigenvalue weighted by Gasteiger charge is 2.38. The zero-order chi connectivity index (χ0) is 13.3. The SMILES string of the molecule is CC(C)C1CCCC(O)(c2cc(Br)ccc2F)C1. The van der Waals surface area contributed by atoms with Gasteiger partial charge in [-0.3, -0.25) is 0 Å². The van der Waals surface area contributed by atoms with Gasteiger partial charge in [0.25, 0.3) is 0 Å². The van der Waals surface area contributed by atoms with E-state index in [1.807, 2.05) is 0 Å². The van der Waals surface area contributed by atoms with Gasteiger partial charge in [-0.05, 0) is 55.7 Å². The van der Waals surface area contributed by atoms with Crippen molar-refractivity contribution in [1.29, 1.82) is 0 Å². The molecule has 18 heavy (non-hydrogen) atoms. The molecule has 1 aromatic rings. The van der Waals surface area contributed by atoms with Crippen molar-refractivity contribution in [3.8, 4) is 0 Å². The minimum atomic E-state index is -0.999. The fraction of sp³-hybridized carbons (Fsp3) is 0.600. The molecule has 1 fully saturated rings. The zero-order valence-corrected chi connectivity index (χ0v) is 12.5. The van der Waals surface area contributed by atoms with Crippen molar-refractivity contribution in [2.75, 3.05) is 0 Å². The predicted molar refractivity (Wildman–Crippen MR) is 74.8 cm³/mol. The molecule has 0 saturated heterocycles. The summed E-state index contributed by atoms with van der Waals surface area (Å²) >= 11 is 3.35. The normalized spacial score (nSPS) is 28.7. The number of benzene rings is 1. The van der Waals surface area contributed by atoms with Crippen LogP contribution in [0.4, 0.5) is 4.39 Å². The van der Waals surface area contributed by atoms with Gasteiger partial charge in [0.1, 0.15) is 5.82 Å². The third kappa shape index (κ3) is 2.77. The van der Waals surface area contributed by atoms with E-state index in [9.17, 15) is 9.50 Å². The standard InChI is InChI=1S/C15H20BrFO/c1-10(2)11-4-3-7-15(18,9-11)13-8-12(16)5-6-14(13)17/h5-6,8,10-11,18H,3-4,7,9H2,1-2H3. The number of halogens is 2. The third-order valence-corrected chi connectivity index (χ3v) is 4.63. The maximum Gasteiger partial charge on any atom is 0.129 e. The Morgan fingerprint density at radius 1 is 1.44 bits per heavy atom. The van der Waals surface area contributed by atoms with Gasteiger partial charge in [-0.1, -0.05) is 29.8 Å². The van der Waals surface area contributed by atoms with Gasteiger partial charge in [0, 0.05) is 10.0 Å². The molecule has 0 heterocycles. The molecular formula is C15H20BrFO. The molecule has 0 aliphatic heterocycles. The van der Waals surface area contributed by atoms with E-state index in [-0.39, 0.29) is 5.82 Å². The molecule has 100 valence electrons. The molecule has 2 unspecified atom stereocenters. The van der Waals surface area contributed by atoms with E-state index in [0.717, 1.165) is 17.3 Å². The number of rotatable bonds is 2. The fourth-order valence-electron chi connectivity index (χ4n) is 2.96. The molecule has 0 amide bonds. The van der Waals surface area contributed by atoms with Crippen LogP contribution >= 0.6 is 15.9 Å². The monoisotopic (exact) mass is 314 g/mol. The average molecular weight is 315 g/mol. The quantitative estimate of drug-likeness (QED) is 0.844. The summed E-state index contributed by atoms with van der Waals surface area (Å²) < 4.78 is 14.8. The summed E-state index contributed by atoms with van der Waals surface area (Å²) in [6, 6.07) is 4.82. The van der Waals surface area contributed by atoms with Crippen LogP contribution in [0.25, 0.3) is 0 Å². The first kappa shape index (κ1) is 14.0. The van der Waals surface area contributed by atoms with E-state index in [4.69, 9.17) is 0 Å². The molecule has 0 radical (unpaired) electrons. The maximum absolute atomic E-state index is 13.9. The van der Waals surface area contributed by atoms with Crippen molar-refractivity contribution >= 4 is 15.9 Å². The van der Waals surface area contributed by atoms with Crippen LogP contribution in [0, 0.1) is 17.7 Å². The highest BCUT2D eigenvalue weighted by Crippen LogP contribution is 2.43. The topological polar surface area (TPSA) is 20.2 Å². The second kappa shape index (κ2) is 5.30. The van der Waals surface area contributed by atoms with E-state index in [2.05, 4.69) is 29.8 Å². The van der Waals surface area contributed by atoms with Gasteiger partial charge >= 0.3 is 0 Å². The molecule has 0 spiro atoms. The number of hydrogen-bond donors (Lipinski definition) is 1. The first-order valence-electron chi connectivity index (χ1n) is 6.60. The molecule has 1 N–H and O–H groups in total. The van der Waals surface area contributed by atoms with Crippen LogP contribution in [-0.4, -0.2) is 5.11 Å². The van der Waals surface area contributed by atoms with Crippen molar-refractivity contribution in [3.63, 3.8) is 0 Å². The van der Waals surface area contributed by atoms with E-state index in [1.54, 1.807) is 12.1 Å². The first-order valence-corrected chi connectivity index (χ1v) is 7.39. The summed E-state index contributed by atoms with van der Waals surface area (Å²) in [7, 11) is 0. The molecular weight excluding hydrogens is 295 g/mol. The Morgan fingerprint density at radius 3 is 2.83 bits per heavy atom. The van der Waals surface area contributed by atoms with E-state index < -0.39 is 5.60 Å². The van der Waals surface area contributed by atoms with E-state index in [0.29, 0.717) is 30.2 Å². The van der Waals surface area contributed by atoms with Crippen LogP contribution in [0.3, 0.4) is 0 Å². The summed E-state index contributed by atoms with van der Waals surface area (Å²) in [6.07, 6.45) is 3.42. The highest BCUT2D eigenvalue weighted by molar-refractivity contribution is 9.10. The van der Waals surface area contributed by atoms with Crippen LogP contribution in [0.2, 0.25) is 0 Å². The smallest absolute Gasteiger partial charge is 0.129 e. The third-order valence-electron chi connectivity index (χ3n) is 4.14. The second-order valence-electron chi connectivity index (χ2n) is 5.76. The number of hydrogen-bond acceptors (Lipinski definition) is 1. The molecule has 1 aromatic carbocycles. The van der Waals surface area contributed by atoms with Gasteiger partial charge in [0.2, 0.25) is 0 Å². The summed E-state index contributed by atoms with van der Waals surface area (Å²) in [5, 5.41) is 10.8. The molecule has 1 nitrogen and oxygen atoms in total. The van der Waals surface area contributed by atoms with Gasteiger partial charge in [-0.2, -0.15) is 0 Å². The Morgan fingerprint density at radius 2 is 2.17 bits per heavy atom. The molecule has 1 saturated carbocycles. The maximum atomic E-state index is 13.9. The average Bonchev–Trinajstić information content (AvgIpc) is 2.32. The highest BCUT2D eigenvalue weighted by atomic mass is 79.9. The van der Waals surface area contributed by atoms with Crippen molar-refractivity contribution in [2.24, 2.45) is 11.8 Å². The lowest BCUT2D eigenvalue weighted by Crippen LogP contribution is -2.35. The minimum absolute atomic E-state index is 0.301. The molecule has 2 rings (SSSR count). The molecule has 1 aliphatic carbocycles. The lowest BCUT2D eigenvalue weighted by Gasteiger charge is -2.39. The Bertz CT molecular complexity index is 433. The van der Waals surface area contributed by atoms with Gasteiger partial charge in [-0.15, -0.1) is 0 Å². The molecule has 0 bridgehead atoms. The summed E-state index contributed by atoms with van der Waals surface area (Å²) in [4.78, 5) is 0. The van der Waals surface area contributed by atoms with Gasteiger partial charge < -0.3 is 5.11 Å². The minimum Gasteiger partial charge on any atom is -0.385 e. The molecule has 1 aliphatic rings. The number of aliphatic hydroxyl groups is 1. The zero-order valence-electron chi connectivity index (χ0n) is 10.9. The first-order chi connectivity index (χ1) is 8.42. The van der Waals surface area contributed by atoms with Crippen molar-refractivity contribution in [3.05, 3.63) is 34.1 Å². The Hall–Kier alpha value is -0.410. The predicted octanol–water partition coefficient (Wildman–Crippen LogP) is 4.62. The fourth-order valence-corrected chi connectivity index (χ4v) is 3.32. The Balaban J connectivity index is 2.32. The largest absolute Gasteiger partial charge is 0.385 e. The van der Waals surface area contributed by atoms with Crippen molar-refractivity contribution < 1.29 is 9.50 Å². The summed E-state index contributed by atoms with van der Waals surface area (Å²) in [5.41, 5.74) is -0.552. The van der Waals surface area contributed by atoms with E-state index in [1.165, 1.54) is 6.07 Å². The van der Waals surface area contributed by atoms with Gasteiger partial charge in [-0.25, -0.2) is 4.39 Å². The van der Waals surface area contributed by atoms with Gasteiger partial charge in [0.15, 0.2) is 0 Å². The molecule has 2 atom stereocenters. The van der Waals surface area contributed by atoms with E-state index >= 15 is 0 Å². The van der Waals surface area contributed by atoms with Crippen molar-refractivity contribution in [2.45, 2.75) is 45.1 Å². The lowest BCUT2D eigenvalue weighted by atomic mass is 9.71. The molecule has 0 aromatic heterocycles. The van der Waals surface area contributed by atoms with Crippen LogP contribution in [0.1, 0.15) is 45.1 Å². The summed E-state index contributed by atoms with van der Waals surface area (Å²) in [6.45, 7) is 4.35. The van der Waals surface area contributed by atoms with Crippen LogP contribution in [0.15, 0.2) is 22.7 Å². The van der Waals surface area contributed by atoms with Crippen LogP contribution in [0.5, 0.6) is 0 Å². The Labute approximate surface area is 117 Å². The molecule has 3 heteroatoms. The Kier molecular flexibility index (Phi) is 4.12. The van der Waals surface area contributed by atoms with Crippen LogP contribution in [-0.2, 0) is 5.60 Å².